The van der Waals surface area contributed by atoms with Gasteiger partial charge in [0.2, 0.25) is 0 Å². The van der Waals surface area contributed by atoms with E-state index in [2.05, 4.69) is 23.5 Å². The van der Waals surface area contributed by atoms with Crippen LogP contribution in [-0.2, 0) is 12.8 Å². The van der Waals surface area contributed by atoms with Crippen LogP contribution in [0.25, 0.3) is 0 Å². The predicted molar refractivity (Wildman–Crippen MR) is 78.8 cm³/mol. The molecule has 1 unspecified atom stereocenters. The number of benzene rings is 2. The number of halogens is 1. The summed E-state index contributed by atoms with van der Waals surface area (Å²) in [6, 6.07) is 13.7. The fourth-order valence-corrected chi connectivity index (χ4v) is 2.74. The summed E-state index contributed by atoms with van der Waals surface area (Å²) in [5.74, 6) is 0.373. The lowest BCUT2D eigenvalue weighted by Gasteiger charge is -2.27. The molecule has 1 atom stereocenters. The van der Waals surface area contributed by atoms with Gasteiger partial charge in [-0.3, -0.25) is 0 Å². The number of rotatable bonds is 3. The highest BCUT2D eigenvalue weighted by Crippen LogP contribution is 2.27. The molecule has 0 fully saturated rings. The van der Waals surface area contributed by atoms with Gasteiger partial charge in [-0.05, 0) is 42.5 Å². The van der Waals surface area contributed by atoms with E-state index in [0.29, 0.717) is 12.2 Å². The summed E-state index contributed by atoms with van der Waals surface area (Å²) in [4.78, 5) is 0. The molecule has 1 N–H and O–H groups in total. The van der Waals surface area contributed by atoms with Crippen molar-refractivity contribution in [2.45, 2.75) is 25.3 Å². The summed E-state index contributed by atoms with van der Waals surface area (Å²) in [5.41, 5.74) is 3.26. The van der Waals surface area contributed by atoms with Gasteiger partial charge in [0, 0.05) is 17.8 Å². The van der Waals surface area contributed by atoms with Crippen molar-refractivity contribution in [1.82, 2.24) is 0 Å². The maximum Gasteiger partial charge on any atom is 0.130 e. The Hall–Kier alpha value is -2.03. The zero-order chi connectivity index (χ0) is 13.9. The van der Waals surface area contributed by atoms with Gasteiger partial charge in [0.15, 0.2) is 0 Å². The van der Waals surface area contributed by atoms with Gasteiger partial charge in [0.05, 0.1) is 7.11 Å². The van der Waals surface area contributed by atoms with Crippen molar-refractivity contribution in [3.8, 4) is 5.75 Å². The maximum atomic E-state index is 14.0. The average Bonchev–Trinajstić information content (AvgIpc) is 2.49. The average molecular weight is 271 g/mol. The minimum atomic E-state index is -0.190. The van der Waals surface area contributed by atoms with E-state index in [1.54, 1.807) is 7.11 Å². The second kappa shape index (κ2) is 5.53. The number of para-hydroxylation sites is 1. The first-order chi connectivity index (χ1) is 9.76. The Kier molecular flexibility index (Phi) is 3.59. The van der Waals surface area contributed by atoms with E-state index in [-0.39, 0.29) is 11.9 Å². The van der Waals surface area contributed by atoms with Crippen molar-refractivity contribution < 1.29 is 9.13 Å². The Labute approximate surface area is 118 Å². The summed E-state index contributed by atoms with van der Waals surface area (Å²) in [5, 5.41) is 3.50. The van der Waals surface area contributed by atoms with Crippen LogP contribution in [0.3, 0.4) is 0 Å². The van der Waals surface area contributed by atoms with Crippen LogP contribution < -0.4 is 10.1 Å². The number of aryl methyl sites for hydroxylation is 1. The van der Waals surface area contributed by atoms with Crippen LogP contribution in [0.15, 0.2) is 42.5 Å². The maximum absolute atomic E-state index is 14.0. The number of fused-ring (bicyclic) bond motifs is 1. The first kappa shape index (κ1) is 13.0. The molecule has 104 valence electrons. The van der Waals surface area contributed by atoms with Crippen molar-refractivity contribution in [2.75, 3.05) is 12.4 Å². The number of methoxy groups -OCH3 is 1. The van der Waals surface area contributed by atoms with E-state index in [9.17, 15) is 4.39 Å². The summed E-state index contributed by atoms with van der Waals surface area (Å²) < 4.78 is 19.0. The molecule has 2 aromatic rings. The third-order valence-corrected chi connectivity index (χ3v) is 3.87. The van der Waals surface area contributed by atoms with E-state index >= 15 is 0 Å². The third kappa shape index (κ3) is 2.62. The highest BCUT2D eigenvalue weighted by Gasteiger charge is 2.18. The Morgan fingerprint density at radius 2 is 2.10 bits per heavy atom. The molecule has 0 aliphatic carbocycles. The van der Waals surface area contributed by atoms with E-state index < -0.39 is 0 Å². The lowest BCUT2D eigenvalue weighted by Crippen LogP contribution is -2.27. The minimum absolute atomic E-state index is 0.190. The van der Waals surface area contributed by atoms with Crippen molar-refractivity contribution >= 4 is 5.69 Å². The SMILES string of the molecule is COc1ccc(CC2CCc3ccccc3N2)c(F)c1. The molecule has 3 heteroatoms. The summed E-state index contributed by atoms with van der Waals surface area (Å²) in [6.07, 6.45) is 2.78. The number of anilines is 1. The summed E-state index contributed by atoms with van der Waals surface area (Å²) >= 11 is 0. The number of ether oxygens (including phenoxy) is 1. The minimum Gasteiger partial charge on any atom is -0.497 e. The molecule has 1 heterocycles. The fraction of sp³-hybridized carbons (Fsp3) is 0.294. The van der Waals surface area contributed by atoms with Crippen LogP contribution in [0.2, 0.25) is 0 Å². The first-order valence-electron chi connectivity index (χ1n) is 6.93. The molecule has 0 spiro atoms. The molecule has 0 radical (unpaired) electrons. The van der Waals surface area contributed by atoms with Gasteiger partial charge in [0.1, 0.15) is 11.6 Å². The molecule has 1 aliphatic heterocycles. The predicted octanol–water partition coefficient (Wildman–Crippen LogP) is 3.80. The normalized spacial score (nSPS) is 17.2. The largest absolute Gasteiger partial charge is 0.497 e. The van der Waals surface area contributed by atoms with Gasteiger partial charge < -0.3 is 10.1 Å². The highest BCUT2D eigenvalue weighted by atomic mass is 19.1. The Balaban J connectivity index is 1.73. The standard InChI is InChI=1S/C17H18FNO/c1-20-15-9-7-13(16(18)11-15)10-14-8-6-12-4-2-3-5-17(12)19-14/h2-5,7,9,11,14,19H,6,8,10H2,1H3. The van der Waals surface area contributed by atoms with Gasteiger partial charge >= 0.3 is 0 Å². The van der Waals surface area contributed by atoms with E-state index in [1.807, 2.05) is 18.2 Å². The fourth-order valence-electron chi connectivity index (χ4n) is 2.74. The van der Waals surface area contributed by atoms with Crippen molar-refractivity contribution in [2.24, 2.45) is 0 Å². The molecule has 0 bridgehead atoms. The molecular formula is C17H18FNO. The van der Waals surface area contributed by atoms with Crippen molar-refractivity contribution in [1.29, 1.82) is 0 Å². The second-order valence-electron chi connectivity index (χ2n) is 5.20. The third-order valence-electron chi connectivity index (χ3n) is 3.87. The Bertz CT molecular complexity index is 612. The summed E-state index contributed by atoms with van der Waals surface area (Å²) in [7, 11) is 1.55. The highest BCUT2D eigenvalue weighted by molar-refractivity contribution is 5.54. The van der Waals surface area contributed by atoms with Crippen LogP contribution >= 0.6 is 0 Å². The molecule has 0 saturated heterocycles. The van der Waals surface area contributed by atoms with Crippen LogP contribution in [0.5, 0.6) is 5.75 Å². The number of hydrogen-bond acceptors (Lipinski definition) is 2. The molecule has 1 aliphatic rings. The van der Waals surface area contributed by atoms with Crippen LogP contribution in [-0.4, -0.2) is 13.2 Å². The number of hydrogen-bond donors (Lipinski definition) is 1. The molecule has 0 saturated carbocycles. The van der Waals surface area contributed by atoms with Gasteiger partial charge in [-0.1, -0.05) is 24.3 Å². The lowest BCUT2D eigenvalue weighted by molar-refractivity contribution is 0.410. The van der Waals surface area contributed by atoms with E-state index in [0.717, 1.165) is 18.4 Å². The summed E-state index contributed by atoms with van der Waals surface area (Å²) in [6.45, 7) is 0. The van der Waals surface area contributed by atoms with Gasteiger partial charge in [-0.15, -0.1) is 0 Å². The van der Waals surface area contributed by atoms with E-state index in [1.165, 1.54) is 17.3 Å². The molecule has 3 rings (SSSR count). The molecule has 0 amide bonds. The van der Waals surface area contributed by atoms with Gasteiger partial charge in [0.25, 0.3) is 0 Å². The van der Waals surface area contributed by atoms with Crippen LogP contribution in [0.4, 0.5) is 10.1 Å². The lowest BCUT2D eigenvalue weighted by atomic mass is 9.93. The number of nitrogens with one attached hydrogen (secondary N) is 1. The van der Waals surface area contributed by atoms with Crippen LogP contribution in [0, 0.1) is 5.82 Å². The smallest absolute Gasteiger partial charge is 0.130 e. The molecular weight excluding hydrogens is 253 g/mol. The Morgan fingerprint density at radius 1 is 1.25 bits per heavy atom. The molecule has 2 aromatic carbocycles. The zero-order valence-electron chi connectivity index (χ0n) is 11.5. The first-order valence-corrected chi connectivity index (χ1v) is 6.93. The second-order valence-corrected chi connectivity index (χ2v) is 5.20. The molecule has 20 heavy (non-hydrogen) atoms. The quantitative estimate of drug-likeness (QED) is 0.916. The van der Waals surface area contributed by atoms with Crippen molar-refractivity contribution in [3.05, 3.63) is 59.4 Å². The molecule has 2 nitrogen and oxygen atoms in total. The zero-order valence-corrected chi connectivity index (χ0v) is 11.5. The van der Waals surface area contributed by atoms with Gasteiger partial charge in [-0.2, -0.15) is 0 Å². The van der Waals surface area contributed by atoms with Crippen molar-refractivity contribution in [3.63, 3.8) is 0 Å². The van der Waals surface area contributed by atoms with Crippen LogP contribution in [0.1, 0.15) is 17.5 Å². The van der Waals surface area contributed by atoms with Gasteiger partial charge in [-0.25, -0.2) is 4.39 Å². The Morgan fingerprint density at radius 3 is 2.90 bits per heavy atom. The topological polar surface area (TPSA) is 21.3 Å². The van der Waals surface area contributed by atoms with E-state index in [4.69, 9.17) is 4.74 Å². The molecule has 0 aromatic heterocycles. The monoisotopic (exact) mass is 271 g/mol.